The van der Waals surface area contributed by atoms with Crippen molar-refractivity contribution in [3.8, 4) is 5.75 Å². The number of anilines is 2. The highest BCUT2D eigenvalue weighted by Crippen LogP contribution is 2.32. The molecule has 2 rings (SSSR count). The van der Waals surface area contributed by atoms with Crippen molar-refractivity contribution in [1.29, 1.82) is 0 Å². The Hall–Kier alpha value is -2.83. The van der Waals surface area contributed by atoms with Crippen molar-refractivity contribution in [1.82, 2.24) is 4.31 Å². The fourth-order valence-corrected chi connectivity index (χ4v) is 4.74. The van der Waals surface area contributed by atoms with E-state index in [0.717, 1.165) is 10.4 Å². The van der Waals surface area contributed by atoms with E-state index in [0.29, 0.717) is 12.2 Å². The smallest absolute Gasteiger partial charge is 0.335 e. The van der Waals surface area contributed by atoms with Gasteiger partial charge in [-0.1, -0.05) is 0 Å². The van der Waals surface area contributed by atoms with Crippen LogP contribution in [0.15, 0.2) is 46.2 Å². The third-order valence-electron chi connectivity index (χ3n) is 4.08. The largest absolute Gasteiger partial charge is 0.495 e. The average Bonchev–Trinajstić information content (AvgIpc) is 2.68. The first kappa shape index (κ1) is 23.4. The Balaban J connectivity index is 2.62. The molecule has 10 nitrogen and oxygen atoms in total. The van der Waals surface area contributed by atoms with Crippen LogP contribution in [0.2, 0.25) is 0 Å². The lowest BCUT2D eigenvalue weighted by Gasteiger charge is -2.18. The molecule has 0 aliphatic rings. The van der Waals surface area contributed by atoms with E-state index in [2.05, 4.69) is 10.0 Å². The highest BCUT2D eigenvalue weighted by Gasteiger charge is 2.25. The second-order valence-corrected chi connectivity index (χ2v) is 10.1. The van der Waals surface area contributed by atoms with E-state index in [9.17, 15) is 26.7 Å². The van der Waals surface area contributed by atoms with Gasteiger partial charge in [0.25, 0.3) is 10.0 Å². The zero-order chi connectivity index (χ0) is 22.7. The van der Waals surface area contributed by atoms with Crippen LogP contribution in [0, 0.1) is 0 Å². The van der Waals surface area contributed by atoms with Gasteiger partial charge >= 0.3 is 5.97 Å². The summed E-state index contributed by atoms with van der Waals surface area (Å²) < 4.78 is 59.4. The fourth-order valence-electron chi connectivity index (χ4n) is 2.54. The van der Waals surface area contributed by atoms with Crippen molar-refractivity contribution in [2.45, 2.75) is 16.7 Å². The molecule has 0 radical (unpaired) electrons. The lowest BCUT2D eigenvalue weighted by atomic mass is 10.2. The van der Waals surface area contributed by atoms with Crippen LogP contribution in [-0.4, -0.2) is 60.0 Å². The molecule has 3 N–H and O–H groups in total. The van der Waals surface area contributed by atoms with Crippen molar-refractivity contribution in [3.63, 3.8) is 0 Å². The van der Waals surface area contributed by atoms with Gasteiger partial charge in [-0.2, -0.15) is 0 Å². The summed E-state index contributed by atoms with van der Waals surface area (Å²) >= 11 is 0. The van der Waals surface area contributed by atoms with E-state index >= 15 is 0 Å². The topological polar surface area (TPSA) is 142 Å². The van der Waals surface area contributed by atoms with Gasteiger partial charge in [-0.3, -0.25) is 4.72 Å². The minimum Gasteiger partial charge on any atom is -0.495 e. The zero-order valence-corrected chi connectivity index (χ0v) is 18.5. The van der Waals surface area contributed by atoms with Crippen LogP contribution >= 0.6 is 0 Å². The van der Waals surface area contributed by atoms with Gasteiger partial charge in [0.1, 0.15) is 10.6 Å². The summed E-state index contributed by atoms with van der Waals surface area (Å²) in [5, 5.41) is 12.1. The lowest BCUT2D eigenvalue weighted by molar-refractivity contribution is 0.0696. The number of hydrogen-bond donors (Lipinski definition) is 3. The third kappa shape index (κ3) is 4.83. The summed E-state index contributed by atoms with van der Waals surface area (Å²) in [6.45, 7) is 2.24. The minimum atomic E-state index is -4.32. The average molecular weight is 458 g/mol. The standard InChI is InChI=1S/C18H23N3O7S2/c1-5-19-14-8-7-13(30(26,27)21(2)3)11-15(14)20-29(24,25)17-10-12(18(22)23)6-9-16(17)28-4/h6-11,19-20H,5H2,1-4H3,(H,22,23). The molecule has 0 bridgehead atoms. The summed E-state index contributed by atoms with van der Waals surface area (Å²) in [6, 6.07) is 7.42. The van der Waals surface area contributed by atoms with E-state index in [4.69, 9.17) is 4.74 Å². The van der Waals surface area contributed by atoms with Crippen LogP contribution in [0.1, 0.15) is 17.3 Å². The maximum atomic E-state index is 13.0. The summed E-state index contributed by atoms with van der Waals surface area (Å²) in [5.41, 5.74) is 0.0988. The quantitative estimate of drug-likeness (QED) is 0.518. The highest BCUT2D eigenvalue weighted by molar-refractivity contribution is 7.93. The van der Waals surface area contributed by atoms with Gasteiger partial charge in [0, 0.05) is 20.6 Å². The Kier molecular flexibility index (Phi) is 6.95. The number of nitrogens with zero attached hydrogens (tertiary/aromatic N) is 1. The van der Waals surface area contributed by atoms with E-state index in [1.54, 1.807) is 6.92 Å². The molecule has 0 atom stereocenters. The molecule has 164 valence electrons. The molecule has 12 heteroatoms. The molecule has 2 aromatic rings. The predicted octanol–water partition coefficient (Wildman–Crippen LogP) is 1.88. The Morgan fingerprint density at radius 2 is 1.73 bits per heavy atom. The summed E-state index contributed by atoms with van der Waals surface area (Å²) in [6.07, 6.45) is 0. The van der Waals surface area contributed by atoms with E-state index in [1.807, 2.05) is 0 Å². The molecule has 0 fully saturated rings. The molecule has 0 saturated heterocycles. The minimum absolute atomic E-state index is 0.0115. The van der Waals surface area contributed by atoms with Gasteiger partial charge in [0.05, 0.1) is 28.9 Å². The van der Waals surface area contributed by atoms with Crippen LogP contribution in [0.25, 0.3) is 0 Å². The van der Waals surface area contributed by atoms with Gasteiger partial charge in [0.15, 0.2) is 0 Å². The number of hydrogen-bond acceptors (Lipinski definition) is 7. The van der Waals surface area contributed by atoms with Gasteiger partial charge in [-0.25, -0.2) is 25.9 Å². The van der Waals surface area contributed by atoms with Crippen LogP contribution in [0.5, 0.6) is 5.75 Å². The Morgan fingerprint density at radius 3 is 2.27 bits per heavy atom. The van der Waals surface area contributed by atoms with Crippen LogP contribution < -0.4 is 14.8 Å². The second kappa shape index (κ2) is 8.90. The molecular formula is C18H23N3O7S2. The molecule has 0 aliphatic heterocycles. The van der Waals surface area contributed by atoms with Gasteiger partial charge in [-0.05, 0) is 43.3 Å². The number of rotatable bonds is 9. The number of aromatic carboxylic acids is 1. The van der Waals surface area contributed by atoms with Gasteiger partial charge in [-0.15, -0.1) is 0 Å². The number of carboxylic acid groups (broad SMARTS) is 1. The molecule has 0 aliphatic carbocycles. The number of nitrogens with one attached hydrogen (secondary N) is 2. The Bertz CT molecular complexity index is 1160. The number of sulfonamides is 2. The first-order valence-electron chi connectivity index (χ1n) is 8.68. The Labute approximate surface area is 175 Å². The number of methoxy groups -OCH3 is 1. The number of benzene rings is 2. The fraction of sp³-hybridized carbons (Fsp3) is 0.278. The SMILES string of the molecule is CCNc1ccc(S(=O)(=O)N(C)C)cc1NS(=O)(=O)c1cc(C(=O)O)ccc1OC. The molecule has 0 unspecified atom stereocenters. The Morgan fingerprint density at radius 1 is 1.07 bits per heavy atom. The van der Waals surface area contributed by atoms with Crippen molar-refractivity contribution in [2.24, 2.45) is 0 Å². The maximum Gasteiger partial charge on any atom is 0.335 e. The number of carboxylic acids is 1. The molecular weight excluding hydrogens is 434 g/mol. The summed E-state index contributed by atoms with van der Waals surface area (Å²) in [5.74, 6) is -1.36. The number of ether oxygens (including phenoxy) is 1. The van der Waals surface area contributed by atoms with Crippen molar-refractivity contribution < 1.29 is 31.5 Å². The molecule has 0 heterocycles. The second-order valence-electron chi connectivity index (χ2n) is 6.30. The van der Waals surface area contributed by atoms with Crippen LogP contribution in [-0.2, 0) is 20.0 Å². The monoisotopic (exact) mass is 457 g/mol. The van der Waals surface area contributed by atoms with E-state index in [-0.39, 0.29) is 21.9 Å². The molecule has 30 heavy (non-hydrogen) atoms. The van der Waals surface area contributed by atoms with Gasteiger partial charge < -0.3 is 15.2 Å². The molecule has 2 aromatic carbocycles. The van der Waals surface area contributed by atoms with E-state index < -0.39 is 30.9 Å². The summed E-state index contributed by atoms with van der Waals surface area (Å²) in [4.78, 5) is 10.8. The number of carbonyl (C=O) groups is 1. The molecule has 0 amide bonds. The lowest BCUT2D eigenvalue weighted by Crippen LogP contribution is -2.23. The van der Waals surface area contributed by atoms with Crippen molar-refractivity contribution >= 4 is 37.4 Å². The predicted molar refractivity (Wildman–Crippen MR) is 112 cm³/mol. The molecule has 0 saturated carbocycles. The van der Waals surface area contributed by atoms with Crippen molar-refractivity contribution in [3.05, 3.63) is 42.0 Å². The van der Waals surface area contributed by atoms with Crippen LogP contribution in [0.4, 0.5) is 11.4 Å². The zero-order valence-electron chi connectivity index (χ0n) is 16.8. The molecule has 0 aromatic heterocycles. The normalized spacial score (nSPS) is 11.9. The van der Waals surface area contributed by atoms with E-state index in [1.165, 1.54) is 51.5 Å². The first-order chi connectivity index (χ1) is 13.9. The summed E-state index contributed by atoms with van der Waals surface area (Å²) in [7, 11) is -4.16. The van der Waals surface area contributed by atoms with Gasteiger partial charge in [0.2, 0.25) is 10.0 Å². The van der Waals surface area contributed by atoms with Crippen molar-refractivity contribution in [2.75, 3.05) is 37.8 Å². The van der Waals surface area contributed by atoms with Crippen LogP contribution in [0.3, 0.4) is 0 Å². The third-order valence-corrected chi connectivity index (χ3v) is 7.28. The highest BCUT2D eigenvalue weighted by atomic mass is 32.2. The molecule has 0 spiro atoms. The maximum absolute atomic E-state index is 13.0. The first-order valence-corrected chi connectivity index (χ1v) is 11.6.